The zero-order chi connectivity index (χ0) is 20.9. The second-order valence-corrected chi connectivity index (χ2v) is 7.27. The zero-order valence-electron chi connectivity index (χ0n) is 17.2. The van der Waals surface area contributed by atoms with Gasteiger partial charge in [-0.1, -0.05) is 12.1 Å². The Bertz CT molecular complexity index is 995. The lowest BCUT2D eigenvalue weighted by atomic mass is 10.2. The van der Waals surface area contributed by atoms with E-state index in [4.69, 9.17) is 18.6 Å². The van der Waals surface area contributed by atoms with Crippen LogP contribution in [0.5, 0.6) is 17.2 Å². The summed E-state index contributed by atoms with van der Waals surface area (Å²) in [4.78, 5) is 14.2. The number of hydrogen-bond acceptors (Lipinski definition) is 5. The minimum absolute atomic E-state index is 0.0415. The molecule has 4 rings (SSSR count). The molecule has 0 radical (unpaired) electrons. The van der Waals surface area contributed by atoms with E-state index in [1.54, 1.807) is 19.1 Å². The lowest BCUT2D eigenvalue weighted by Gasteiger charge is -2.29. The summed E-state index contributed by atoms with van der Waals surface area (Å²) in [5.41, 5.74) is 0.972. The molecule has 1 amide bonds. The molecule has 0 unspecified atom stereocenters. The number of methoxy groups -OCH3 is 1. The first-order valence-electron chi connectivity index (χ1n) is 9.98. The van der Waals surface area contributed by atoms with Crippen molar-refractivity contribution in [2.45, 2.75) is 18.9 Å². The van der Waals surface area contributed by atoms with Crippen LogP contribution in [-0.4, -0.2) is 44.2 Å². The van der Waals surface area contributed by atoms with Crippen LogP contribution in [0.25, 0.3) is 11.3 Å². The van der Waals surface area contributed by atoms with Gasteiger partial charge in [0.1, 0.15) is 23.9 Å². The number of para-hydroxylation sites is 2. The Morgan fingerprint density at radius 1 is 1.07 bits per heavy atom. The molecule has 0 spiro atoms. The van der Waals surface area contributed by atoms with Gasteiger partial charge in [-0.2, -0.15) is 0 Å². The van der Waals surface area contributed by atoms with Crippen LogP contribution in [0.3, 0.4) is 0 Å². The molecule has 30 heavy (non-hydrogen) atoms. The summed E-state index contributed by atoms with van der Waals surface area (Å²) >= 11 is 0. The van der Waals surface area contributed by atoms with Crippen LogP contribution < -0.4 is 14.2 Å². The normalized spacial score (nSPS) is 14.9. The third kappa shape index (κ3) is 4.59. The lowest BCUT2D eigenvalue weighted by molar-refractivity contribution is -0.131. The maximum Gasteiger partial charge on any atom is 0.222 e. The molecule has 156 valence electrons. The maximum absolute atomic E-state index is 12.6. The molecule has 0 fully saturated rings. The first kappa shape index (κ1) is 19.9. The molecule has 6 nitrogen and oxygen atoms in total. The number of amides is 1. The Labute approximate surface area is 176 Å². The second kappa shape index (κ2) is 8.95. The van der Waals surface area contributed by atoms with Crippen molar-refractivity contribution >= 4 is 5.91 Å². The highest BCUT2D eigenvalue weighted by Gasteiger charge is 2.23. The highest BCUT2D eigenvalue weighted by molar-refractivity contribution is 5.76. The van der Waals surface area contributed by atoms with Gasteiger partial charge in [-0.3, -0.25) is 4.79 Å². The van der Waals surface area contributed by atoms with E-state index in [1.807, 2.05) is 60.7 Å². The number of carbonyl (C=O) groups excluding carboxylic acids is 1. The molecule has 6 heteroatoms. The Kier molecular flexibility index (Phi) is 5.93. The van der Waals surface area contributed by atoms with Gasteiger partial charge in [0.25, 0.3) is 0 Å². The lowest BCUT2D eigenvalue weighted by Crippen LogP contribution is -2.41. The van der Waals surface area contributed by atoms with Gasteiger partial charge in [0.05, 0.1) is 13.7 Å². The number of nitrogens with zero attached hydrogens (tertiary/aromatic N) is 1. The summed E-state index contributed by atoms with van der Waals surface area (Å²) in [7, 11) is 3.43. The molecule has 3 aromatic rings. The summed E-state index contributed by atoms with van der Waals surface area (Å²) in [5, 5.41) is 0. The van der Waals surface area contributed by atoms with Crippen LogP contribution in [0.15, 0.2) is 65.1 Å². The van der Waals surface area contributed by atoms with E-state index < -0.39 is 0 Å². The van der Waals surface area contributed by atoms with Gasteiger partial charge in [-0.15, -0.1) is 0 Å². The number of ether oxygens (including phenoxy) is 3. The molecule has 1 atom stereocenters. The molecule has 2 aromatic carbocycles. The number of hydrogen-bond donors (Lipinski definition) is 0. The second-order valence-electron chi connectivity index (χ2n) is 7.27. The van der Waals surface area contributed by atoms with E-state index in [0.29, 0.717) is 26.0 Å². The predicted octanol–water partition coefficient (Wildman–Crippen LogP) is 4.19. The van der Waals surface area contributed by atoms with Gasteiger partial charge in [0.15, 0.2) is 17.6 Å². The van der Waals surface area contributed by atoms with Crippen molar-refractivity contribution in [1.29, 1.82) is 0 Å². The molecule has 0 N–H and O–H groups in total. The van der Waals surface area contributed by atoms with E-state index in [-0.39, 0.29) is 12.0 Å². The smallest absolute Gasteiger partial charge is 0.222 e. The Morgan fingerprint density at radius 3 is 2.60 bits per heavy atom. The molecule has 0 saturated carbocycles. The van der Waals surface area contributed by atoms with Crippen molar-refractivity contribution in [1.82, 2.24) is 4.90 Å². The highest BCUT2D eigenvalue weighted by atomic mass is 16.6. The Morgan fingerprint density at radius 2 is 1.83 bits per heavy atom. The fraction of sp³-hybridized carbons (Fsp3) is 0.292. The predicted molar refractivity (Wildman–Crippen MR) is 113 cm³/mol. The van der Waals surface area contributed by atoms with Crippen LogP contribution in [0.4, 0.5) is 0 Å². The third-order valence-electron chi connectivity index (χ3n) is 5.09. The number of furan rings is 1. The SMILES string of the molecule is COc1ccc(-c2ccc(CCC(=O)N(C)C[C@H]3COc4ccccc4O3)o2)cc1. The van der Waals surface area contributed by atoms with E-state index >= 15 is 0 Å². The first-order valence-corrected chi connectivity index (χ1v) is 9.98. The van der Waals surface area contributed by atoms with Gasteiger partial charge < -0.3 is 23.5 Å². The molecule has 0 saturated heterocycles. The number of fused-ring (bicyclic) bond motifs is 1. The average Bonchev–Trinajstić information content (AvgIpc) is 3.26. The van der Waals surface area contributed by atoms with Gasteiger partial charge >= 0.3 is 0 Å². The summed E-state index contributed by atoms with van der Waals surface area (Å²) < 4.78 is 22.7. The maximum atomic E-state index is 12.6. The van der Waals surface area contributed by atoms with Gasteiger partial charge in [0.2, 0.25) is 5.91 Å². The average molecular weight is 407 g/mol. The van der Waals surface area contributed by atoms with Gasteiger partial charge in [-0.25, -0.2) is 0 Å². The summed E-state index contributed by atoms with van der Waals surface area (Å²) in [6.45, 7) is 0.903. The van der Waals surface area contributed by atoms with Crippen LogP contribution in [0.2, 0.25) is 0 Å². The van der Waals surface area contributed by atoms with Crippen molar-refractivity contribution in [3.05, 3.63) is 66.4 Å². The topological polar surface area (TPSA) is 61.1 Å². The molecule has 1 aromatic heterocycles. The standard InChI is InChI=1S/C24H25NO5/c1-25(15-20-16-28-22-5-3-4-6-23(22)30-20)24(26)14-12-19-11-13-21(29-19)17-7-9-18(27-2)10-8-17/h3-11,13,20H,12,14-16H2,1-2H3/t20-/m0/s1. The molecule has 1 aliphatic heterocycles. The van der Waals surface area contributed by atoms with Crippen LogP contribution in [-0.2, 0) is 11.2 Å². The van der Waals surface area contributed by atoms with Crippen molar-refractivity contribution < 1.29 is 23.4 Å². The van der Waals surface area contributed by atoms with E-state index in [1.165, 1.54) is 0 Å². The summed E-state index contributed by atoms with van der Waals surface area (Å²) in [6, 6.07) is 19.1. The van der Waals surface area contributed by atoms with Gasteiger partial charge in [0, 0.05) is 25.5 Å². The van der Waals surface area contributed by atoms with E-state index in [2.05, 4.69) is 0 Å². The van der Waals surface area contributed by atoms with Gasteiger partial charge in [-0.05, 0) is 48.5 Å². The number of rotatable bonds is 7. The Balaban J connectivity index is 1.28. The largest absolute Gasteiger partial charge is 0.497 e. The Hall–Kier alpha value is -3.41. The summed E-state index contributed by atoms with van der Waals surface area (Å²) in [5.74, 6) is 3.87. The van der Waals surface area contributed by atoms with Crippen LogP contribution in [0.1, 0.15) is 12.2 Å². The van der Waals surface area contributed by atoms with Crippen molar-refractivity contribution in [2.75, 3.05) is 27.3 Å². The molecule has 0 aliphatic carbocycles. The highest BCUT2D eigenvalue weighted by Crippen LogP contribution is 2.31. The number of aryl methyl sites for hydroxylation is 1. The van der Waals surface area contributed by atoms with Crippen LogP contribution >= 0.6 is 0 Å². The molecule has 0 bridgehead atoms. The van der Waals surface area contributed by atoms with E-state index in [9.17, 15) is 4.79 Å². The molecule has 2 heterocycles. The third-order valence-corrected chi connectivity index (χ3v) is 5.09. The fourth-order valence-electron chi connectivity index (χ4n) is 3.40. The number of likely N-dealkylation sites (N-methyl/N-ethyl adjacent to an activating group) is 1. The van der Waals surface area contributed by atoms with Crippen molar-refractivity contribution in [3.63, 3.8) is 0 Å². The first-order chi connectivity index (χ1) is 14.6. The zero-order valence-corrected chi connectivity index (χ0v) is 17.2. The quantitative estimate of drug-likeness (QED) is 0.588. The molecular weight excluding hydrogens is 382 g/mol. The number of benzene rings is 2. The van der Waals surface area contributed by atoms with Crippen molar-refractivity contribution in [3.8, 4) is 28.6 Å². The van der Waals surface area contributed by atoms with E-state index in [0.717, 1.165) is 34.3 Å². The molecule has 1 aliphatic rings. The molecular formula is C24H25NO5. The minimum Gasteiger partial charge on any atom is -0.497 e. The summed E-state index contributed by atoms with van der Waals surface area (Å²) in [6.07, 6.45) is 0.736. The fourth-order valence-corrected chi connectivity index (χ4v) is 3.40. The minimum atomic E-state index is -0.181. The van der Waals surface area contributed by atoms with Crippen LogP contribution in [0, 0.1) is 0 Å². The number of carbonyl (C=O) groups is 1. The van der Waals surface area contributed by atoms with Crippen molar-refractivity contribution in [2.24, 2.45) is 0 Å². The monoisotopic (exact) mass is 407 g/mol.